The fraction of sp³-hybridized carbons (Fsp3) is 0.250. The van der Waals surface area contributed by atoms with Crippen molar-refractivity contribution in [2.24, 2.45) is 0 Å². The molecule has 0 radical (unpaired) electrons. The Balaban J connectivity index is 1.40. The molecule has 1 aliphatic heterocycles. The zero-order valence-corrected chi connectivity index (χ0v) is 17.0. The van der Waals surface area contributed by atoms with E-state index in [0.717, 1.165) is 23.4 Å². The van der Waals surface area contributed by atoms with E-state index >= 15 is 0 Å². The number of nitrogens with zero attached hydrogens (tertiary/aromatic N) is 1. The first-order valence-corrected chi connectivity index (χ1v) is 10.9. The van der Waals surface area contributed by atoms with Crippen LogP contribution in [-0.4, -0.2) is 35.6 Å². The second-order valence-corrected chi connectivity index (χ2v) is 8.32. The first-order chi connectivity index (χ1) is 14.2. The third-order valence-electron chi connectivity index (χ3n) is 5.20. The largest absolute Gasteiger partial charge is 0.347 e. The molecule has 1 atom stereocenters. The molecule has 3 aromatic rings. The maximum atomic E-state index is 12.7. The maximum absolute atomic E-state index is 12.7. The van der Waals surface area contributed by atoms with Crippen molar-refractivity contribution in [3.63, 3.8) is 0 Å². The summed E-state index contributed by atoms with van der Waals surface area (Å²) in [5, 5.41) is 5.50. The second kappa shape index (κ2) is 9.14. The maximum Gasteiger partial charge on any atom is 0.230 e. The molecule has 2 amide bonds. The molecule has 0 bridgehead atoms. The summed E-state index contributed by atoms with van der Waals surface area (Å²) in [6, 6.07) is 24.2. The van der Waals surface area contributed by atoms with E-state index in [2.05, 4.69) is 35.6 Å². The van der Waals surface area contributed by atoms with E-state index in [1.54, 1.807) is 0 Å². The third-order valence-corrected chi connectivity index (χ3v) is 6.20. The Kier molecular flexibility index (Phi) is 6.15. The number of carbonyl (C=O) groups excluding carboxylic acids is 2. The van der Waals surface area contributed by atoms with Crippen molar-refractivity contribution in [3.05, 3.63) is 78.4 Å². The van der Waals surface area contributed by atoms with Crippen molar-refractivity contribution < 1.29 is 9.59 Å². The summed E-state index contributed by atoms with van der Waals surface area (Å²) >= 11 is 1.53. The number of fused-ring (bicyclic) bond motifs is 1. The van der Waals surface area contributed by atoms with Crippen molar-refractivity contribution in [3.8, 4) is 0 Å². The highest BCUT2D eigenvalue weighted by Gasteiger charge is 2.25. The minimum absolute atomic E-state index is 0.0244. The molecule has 1 heterocycles. The zero-order chi connectivity index (χ0) is 20.1. The Bertz CT molecular complexity index is 1010. The Morgan fingerprint density at radius 2 is 1.76 bits per heavy atom. The summed E-state index contributed by atoms with van der Waals surface area (Å²) in [5.41, 5.74) is 1.02. The topological polar surface area (TPSA) is 49.4 Å². The van der Waals surface area contributed by atoms with Gasteiger partial charge in [0.2, 0.25) is 11.8 Å². The van der Waals surface area contributed by atoms with Crippen LogP contribution in [0.3, 0.4) is 0 Å². The van der Waals surface area contributed by atoms with Crippen molar-refractivity contribution in [1.29, 1.82) is 0 Å². The number of hydrogen-bond donors (Lipinski definition) is 1. The highest BCUT2D eigenvalue weighted by atomic mass is 32.2. The number of rotatable bonds is 7. The number of amides is 2. The van der Waals surface area contributed by atoms with Crippen molar-refractivity contribution in [2.75, 3.05) is 18.8 Å². The fourth-order valence-electron chi connectivity index (χ4n) is 3.68. The molecule has 1 N–H and O–H groups in total. The average molecular weight is 405 g/mol. The van der Waals surface area contributed by atoms with Gasteiger partial charge in [-0.05, 0) is 34.9 Å². The predicted octanol–water partition coefficient (Wildman–Crippen LogP) is 4.41. The van der Waals surface area contributed by atoms with Gasteiger partial charge in [0.1, 0.15) is 0 Å². The van der Waals surface area contributed by atoms with E-state index < -0.39 is 0 Å². The summed E-state index contributed by atoms with van der Waals surface area (Å²) in [7, 11) is 0. The molecule has 1 unspecified atom stereocenters. The molecule has 148 valence electrons. The smallest absolute Gasteiger partial charge is 0.230 e. The van der Waals surface area contributed by atoms with E-state index in [-0.39, 0.29) is 17.9 Å². The van der Waals surface area contributed by atoms with Gasteiger partial charge in [0.15, 0.2) is 0 Å². The van der Waals surface area contributed by atoms with E-state index in [9.17, 15) is 9.59 Å². The number of carbonyl (C=O) groups is 2. The van der Waals surface area contributed by atoms with Gasteiger partial charge < -0.3 is 10.2 Å². The summed E-state index contributed by atoms with van der Waals surface area (Å²) < 4.78 is 0. The first kappa shape index (κ1) is 19.5. The summed E-state index contributed by atoms with van der Waals surface area (Å²) in [6.45, 7) is 1.29. The molecule has 1 saturated heterocycles. The number of nitrogens with one attached hydrogen (secondary N) is 1. The van der Waals surface area contributed by atoms with Crippen LogP contribution in [0.25, 0.3) is 10.8 Å². The lowest BCUT2D eigenvalue weighted by atomic mass is 10.1. The van der Waals surface area contributed by atoms with Gasteiger partial charge in [-0.3, -0.25) is 9.59 Å². The standard InChI is InChI=1S/C24H24N2O2S/c27-23(17-29-21-13-12-18-7-4-5-10-20(18)15-21)25-22(19-8-2-1-3-9-19)16-26-14-6-11-24(26)28/h1-5,7-10,12-13,15,22H,6,11,14,16-17H2,(H,25,27). The number of thioether (sulfide) groups is 1. The molecule has 0 spiro atoms. The molecule has 5 heteroatoms. The SMILES string of the molecule is O=C(CSc1ccc2ccccc2c1)NC(CN1CCCC1=O)c1ccccc1. The molecule has 1 fully saturated rings. The van der Waals surface area contributed by atoms with Gasteiger partial charge >= 0.3 is 0 Å². The lowest BCUT2D eigenvalue weighted by Gasteiger charge is -2.25. The van der Waals surface area contributed by atoms with E-state index in [4.69, 9.17) is 0 Å². The van der Waals surface area contributed by atoms with Crippen LogP contribution in [0.2, 0.25) is 0 Å². The Morgan fingerprint density at radius 1 is 1.00 bits per heavy atom. The molecule has 0 saturated carbocycles. The summed E-state index contributed by atoms with van der Waals surface area (Å²) in [6.07, 6.45) is 1.50. The number of benzene rings is 3. The van der Waals surface area contributed by atoms with Crippen LogP contribution in [0.4, 0.5) is 0 Å². The third kappa shape index (κ3) is 4.98. The van der Waals surface area contributed by atoms with E-state index in [1.807, 2.05) is 47.4 Å². The lowest BCUT2D eigenvalue weighted by Crippen LogP contribution is -2.39. The number of hydrogen-bond acceptors (Lipinski definition) is 3. The summed E-state index contributed by atoms with van der Waals surface area (Å²) in [4.78, 5) is 27.7. The molecule has 3 aromatic carbocycles. The molecule has 0 aliphatic carbocycles. The van der Waals surface area contributed by atoms with Gasteiger partial charge in [-0.25, -0.2) is 0 Å². The second-order valence-electron chi connectivity index (χ2n) is 7.27. The molecule has 0 aromatic heterocycles. The van der Waals surface area contributed by atoms with E-state index in [1.165, 1.54) is 22.5 Å². The molecular formula is C24H24N2O2S. The normalized spacial score (nSPS) is 14.9. The Hall–Kier alpha value is -2.79. The van der Waals surface area contributed by atoms with Crippen LogP contribution in [0.15, 0.2) is 77.7 Å². The molecular weight excluding hydrogens is 380 g/mol. The highest BCUT2D eigenvalue weighted by Crippen LogP contribution is 2.24. The highest BCUT2D eigenvalue weighted by molar-refractivity contribution is 8.00. The molecule has 4 nitrogen and oxygen atoms in total. The van der Waals surface area contributed by atoms with Crippen LogP contribution in [-0.2, 0) is 9.59 Å². The van der Waals surface area contributed by atoms with Crippen LogP contribution < -0.4 is 5.32 Å². The number of likely N-dealkylation sites (tertiary alicyclic amines) is 1. The Morgan fingerprint density at radius 3 is 2.52 bits per heavy atom. The van der Waals surface area contributed by atoms with Gasteiger partial charge in [0.25, 0.3) is 0 Å². The summed E-state index contributed by atoms with van der Waals surface area (Å²) in [5.74, 6) is 0.490. The van der Waals surface area contributed by atoms with Crippen molar-refractivity contribution in [1.82, 2.24) is 10.2 Å². The minimum atomic E-state index is -0.192. The van der Waals surface area contributed by atoms with Crippen molar-refractivity contribution in [2.45, 2.75) is 23.8 Å². The van der Waals surface area contributed by atoms with Crippen molar-refractivity contribution >= 4 is 34.3 Å². The van der Waals surface area contributed by atoms with Crippen LogP contribution in [0.5, 0.6) is 0 Å². The lowest BCUT2D eigenvalue weighted by molar-refractivity contribution is -0.128. The molecule has 29 heavy (non-hydrogen) atoms. The predicted molar refractivity (Wildman–Crippen MR) is 118 cm³/mol. The zero-order valence-electron chi connectivity index (χ0n) is 16.2. The quantitative estimate of drug-likeness (QED) is 0.594. The van der Waals surface area contributed by atoms with Gasteiger partial charge in [-0.15, -0.1) is 11.8 Å². The van der Waals surface area contributed by atoms with Crippen LogP contribution in [0.1, 0.15) is 24.4 Å². The van der Waals surface area contributed by atoms with E-state index in [0.29, 0.717) is 18.7 Å². The monoisotopic (exact) mass is 404 g/mol. The van der Waals surface area contributed by atoms with Gasteiger partial charge in [-0.1, -0.05) is 60.7 Å². The fourth-order valence-corrected chi connectivity index (χ4v) is 4.43. The first-order valence-electron chi connectivity index (χ1n) is 9.93. The van der Waals surface area contributed by atoms with Crippen LogP contribution in [0, 0.1) is 0 Å². The Labute approximate surface area is 175 Å². The van der Waals surface area contributed by atoms with Gasteiger partial charge in [0.05, 0.1) is 11.8 Å². The minimum Gasteiger partial charge on any atom is -0.347 e. The molecule has 1 aliphatic rings. The molecule has 4 rings (SSSR count). The van der Waals surface area contributed by atoms with Crippen LogP contribution >= 0.6 is 11.8 Å². The average Bonchev–Trinajstić information content (AvgIpc) is 3.16. The van der Waals surface area contributed by atoms with Gasteiger partial charge in [-0.2, -0.15) is 0 Å². The van der Waals surface area contributed by atoms with Gasteiger partial charge in [0, 0.05) is 24.4 Å².